The van der Waals surface area contributed by atoms with Crippen LogP contribution in [0.25, 0.3) is 0 Å². The van der Waals surface area contributed by atoms with Gasteiger partial charge in [0.25, 0.3) is 0 Å². The molecule has 1 nitrogen and oxygen atoms in total. The Bertz CT molecular complexity index is 404. The van der Waals surface area contributed by atoms with Crippen molar-refractivity contribution in [3.05, 3.63) is 35.4 Å². The summed E-state index contributed by atoms with van der Waals surface area (Å²) in [6.07, 6.45) is 6.97. The van der Waals surface area contributed by atoms with E-state index in [1.54, 1.807) is 11.1 Å². The Kier molecular flexibility index (Phi) is 3.43. The summed E-state index contributed by atoms with van der Waals surface area (Å²) in [5, 5.41) is 3.75. The molecule has 0 amide bonds. The molecule has 0 bridgehead atoms. The Balaban J connectivity index is 1.76. The molecule has 1 aromatic carbocycles. The molecule has 2 aliphatic rings. The van der Waals surface area contributed by atoms with Gasteiger partial charge in [-0.1, -0.05) is 37.6 Å². The van der Waals surface area contributed by atoms with Crippen LogP contribution in [0.4, 0.5) is 0 Å². The topological polar surface area (TPSA) is 12.0 Å². The summed E-state index contributed by atoms with van der Waals surface area (Å²) in [6.45, 7) is 4.73. The zero-order valence-corrected chi connectivity index (χ0v) is 11.7. The molecular formula is C17H25N. The van der Waals surface area contributed by atoms with E-state index < -0.39 is 0 Å². The van der Waals surface area contributed by atoms with E-state index in [-0.39, 0.29) is 0 Å². The highest BCUT2D eigenvalue weighted by atomic mass is 15.0. The molecule has 98 valence electrons. The largest absolute Gasteiger partial charge is 0.311 e. The molecular weight excluding hydrogens is 218 g/mol. The molecule has 3 rings (SSSR count). The summed E-state index contributed by atoms with van der Waals surface area (Å²) in [6, 6.07) is 10.5. The molecule has 1 aromatic rings. The van der Waals surface area contributed by atoms with Gasteiger partial charge in [-0.05, 0) is 55.6 Å². The maximum atomic E-state index is 3.75. The molecule has 0 radical (unpaired) electrons. The van der Waals surface area contributed by atoms with Gasteiger partial charge < -0.3 is 5.32 Å². The van der Waals surface area contributed by atoms with Crippen molar-refractivity contribution in [2.75, 3.05) is 0 Å². The molecule has 18 heavy (non-hydrogen) atoms. The molecule has 2 atom stereocenters. The van der Waals surface area contributed by atoms with Gasteiger partial charge in [-0.3, -0.25) is 0 Å². The van der Waals surface area contributed by atoms with E-state index in [0.29, 0.717) is 12.0 Å². The summed E-state index contributed by atoms with van der Waals surface area (Å²) >= 11 is 0. The van der Waals surface area contributed by atoms with Gasteiger partial charge in [-0.15, -0.1) is 0 Å². The number of benzene rings is 1. The Morgan fingerprint density at radius 3 is 2.39 bits per heavy atom. The van der Waals surface area contributed by atoms with E-state index in [1.807, 2.05) is 0 Å². The van der Waals surface area contributed by atoms with E-state index in [9.17, 15) is 0 Å². The quantitative estimate of drug-likeness (QED) is 0.817. The molecule has 0 saturated heterocycles. The minimum Gasteiger partial charge on any atom is -0.311 e. The molecule has 2 aliphatic carbocycles. The molecule has 0 spiro atoms. The molecule has 0 heterocycles. The van der Waals surface area contributed by atoms with Gasteiger partial charge in [0.05, 0.1) is 0 Å². The second-order valence-electron chi connectivity index (χ2n) is 6.28. The van der Waals surface area contributed by atoms with Crippen molar-refractivity contribution in [1.82, 2.24) is 5.32 Å². The summed E-state index contributed by atoms with van der Waals surface area (Å²) < 4.78 is 0. The Labute approximate surface area is 111 Å². The summed E-state index contributed by atoms with van der Waals surface area (Å²) in [4.78, 5) is 0. The van der Waals surface area contributed by atoms with Crippen molar-refractivity contribution < 1.29 is 0 Å². The van der Waals surface area contributed by atoms with Gasteiger partial charge in [0.15, 0.2) is 0 Å². The maximum Gasteiger partial charge on any atom is 0.0107 e. The average Bonchev–Trinajstić information content (AvgIpc) is 3.10. The van der Waals surface area contributed by atoms with Gasteiger partial charge in [0, 0.05) is 12.1 Å². The van der Waals surface area contributed by atoms with Crippen LogP contribution in [0, 0.1) is 0 Å². The van der Waals surface area contributed by atoms with Crippen LogP contribution in [0.15, 0.2) is 24.3 Å². The molecule has 2 fully saturated rings. The lowest BCUT2D eigenvalue weighted by Crippen LogP contribution is -2.33. The van der Waals surface area contributed by atoms with Gasteiger partial charge in [-0.25, -0.2) is 0 Å². The first-order valence-electron chi connectivity index (χ1n) is 7.60. The molecule has 1 N–H and O–H groups in total. The maximum absolute atomic E-state index is 3.75. The van der Waals surface area contributed by atoms with Crippen molar-refractivity contribution >= 4 is 0 Å². The fourth-order valence-corrected chi connectivity index (χ4v) is 3.05. The first-order valence-corrected chi connectivity index (χ1v) is 7.60. The lowest BCUT2D eigenvalue weighted by Gasteiger charge is -2.31. The fourth-order valence-electron chi connectivity index (χ4n) is 3.05. The second kappa shape index (κ2) is 5.05. The first kappa shape index (κ1) is 12.2. The van der Waals surface area contributed by atoms with E-state index >= 15 is 0 Å². The highest BCUT2D eigenvalue weighted by Crippen LogP contribution is 2.40. The predicted molar refractivity (Wildman–Crippen MR) is 77.1 cm³/mol. The van der Waals surface area contributed by atoms with Crippen LogP contribution in [-0.2, 0) is 0 Å². The number of hydrogen-bond donors (Lipinski definition) is 1. The van der Waals surface area contributed by atoms with Gasteiger partial charge in [0.2, 0.25) is 0 Å². The van der Waals surface area contributed by atoms with Crippen LogP contribution in [-0.4, -0.2) is 12.1 Å². The average molecular weight is 243 g/mol. The molecule has 0 aliphatic heterocycles. The van der Waals surface area contributed by atoms with E-state index in [0.717, 1.165) is 12.0 Å². The fraction of sp³-hybridized carbons (Fsp3) is 0.647. The van der Waals surface area contributed by atoms with Crippen molar-refractivity contribution in [3.63, 3.8) is 0 Å². The third-order valence-electron chi connectivity index (χ3n) is 4.86. The van der Waals surface area contributed by atoms with Crippen LogP contribution in [0.1, 0.15) is 68.9 Å². The van der Waals surface area contributed by atoms with Crippen LogP contribution in [0.2, 0.25) is 0 Å². The third kappa shape index (κ3) is 2.47. The zero-order valence-electron chi connectivity index (χ0n) is 11.7. The standard InChI is InChI=1S/C17H25N/c1-12(13(2)18-15-10-11-15)16-8-3-4-9-17(16)14-6-5-7-14/h3-4,8-9,12-15,18H,5-7,10-11H2,1-2H3. The van der Waals surface area contributed by atoms with Crippen molar-refractivity contribution in [1.29, 1.82) is 0 Å². The predicted octanol–water partition coefficient (Wildman–Crippen LogP) is 4.20. The number of rotatable bonds is 5. The zero-order chi connectivity index (χ0) is 12.5. The minimum atomic E-state index is 0.596. The minimum absolute atomic E-state index is 0.596. The van der Waals surface area contributed by atoms with Gasteiger partial charge in [-0.2, -0.15) is 0 Å². The highest BCUT2D eigenvalue weighted by molar-refractivity contribution is 5.35. The SMILES string of the molecule is CC(NC1CC1)C(C)c1ccccc1C1CCC1. The molecule has 1 heteroatoms. The van der Waals surface area contributed by atoms with Gasteiger partial charge in [0.1, 0.15) is 0 Å². The van der Waals surface area contributed by atoms with Crippen molar-refractivity contribution in [2.45, 2.75) is 69.9 Å². The van der Waals surface area contributed by atoms with Crippen LogP contribution in [0.5, 0.6) is 0 Å². The van der Waals surface area contributed by atoms with E-state index in [1.165, 1.54) is 32.1 Å². The van der Waals surface area contributed by atoms with E-state index in [4.69, 9.17) is 0 Å². The second-order valence-corrected chi connectivity index (χ2v) is 6.28. The van der Waals surface area contributed by atoms with Crippen LogP contribution < -0.4 is 5.32 Å². The molecule has 2 saturated carbocycles. The first-order chi connectivity index (χ1) is 8.75. The highest BCUT2D eigenvalue weighted by Gasteiger charge is 2.28. The van der Waals surface area contributed by atoms with Gasteiger partial charge >= 0.3 is 0 Å². The van der Waals surface area contributed by atoms with E-state index in [2.05, 4.69) is 43.4 Å². The summed E-state index contributed by atoms with van der Waals surface area (Å²) in [5.41, 5.74) is 3.21. The molecule has 2 unspecified atom stereocenters. The molecule has 0 aromatic heterocycles. The van der Waals surface area contributed by atoms with Crippen LogP contribution >= 0.6 is 0 Å². The Morgan fingerprint density at radius 2 is 1.78 bits per heavy atom. The van der Waals surface area contributed by atoms with Crippen molar-refractivity contribution in [2.24, 2.45) is 0 Å². The Morgan fingerprint density at radius 1 is 1.06 bits per heavy atom. The number of nitrogens with one attached hydrogen (secondary N) is 1. The monoisotopic (exact) mass is 243 g/mol. The third-order valence-corrected chi connectivity index (χ3v) is 4.86. The lowest BCUT2D eigenvalue weighted by molar-refractivity contribution is 0.409. The smallest absolute Gasteiger partial charge is 0.0107 e. The lowest BCUT2D eigenvalue weighted by atomic mass is 9.75. The Hall–Kier alpha value is -0.820. The normalized spacial score (nSPS) is 23.4. The van der Waals surface area contributed by atoms with Crippen LogP contribution in [0.3, 0.4) is 0 Å². The van der Waals surface area contributed by atoms with Crippen molar-refractivity contribution in [3.8, 4) is 0 Å². The summed E-state index contributed by atoms with van der Waals surface area (Å²) in [7, 11) is 0. The number of hydrogen-bond acceptors (Lipinski definition) is 1. The summed E-state index contributed by atoms with van der Waals surface area (Å²) in [5.74, 6) is 1.47.